The first-order valence-corrected chi connectivity index (χ1v) is 14.9. The molecule has 0 aliphatic carbocycles. The quantitative estimate of drug-likeness (QED) is 0.385. The summed E-state index contributed by atoms with van der Waals surface area (Å²) in [5.41, 5.74) is 0.319. The van der Waals surface area contributed by atoms with Gasteiger partial charge < -0.3 is 19.7 Å². The van der Waals surface area contributed by atoms with Crippen LogP contribution in [0.15, 0.2) is 30.5 Å². The third kappa shape index (κ3) is 5.51. The first-order valence-electron chi connectivity index (χ1n) is 14.5. The largest absolute Gasteiger partial charge is 0.461 e. The van der Waals surface area contributed by atoms with Crippen LogP contribution in [0, 0.1) is 5.82 Å². The Labute approximate surface area is 244 Å². The summed E-state index contributed by atoms with van der Waals surface area (Å²) >= 11 is 6.20. The third-order valence-corrected chi connectivity index (χ3v) is 8.93. The van der Waals surface area contributed by atoms with Crippen LogP contribution in [0.4, 0.5) is 15.0 Å². The zero-order valence-corrected chi connectivity index (χ0v) is 24.3. The molecule has 1 atom stereocenters. The van der Waals surface area contributed by atoms with E-state index in [9.17, 15) is 4.79 Å². The van der Waals surface area contributed by atoms with Crippen molar-refractivity contribution in [2.45, 2.75) is 63.5 Å². The Balaban J connectivity index is 1.39. The van der Waals surface area contributed by atoms with Crippen LogP contribution in [0.1, 0.15) is 52.4 Å². The number of rotatable bonds is 7. The standard InChI is InChI=1S/C30H36ClFN6O3/c1-3-40-28(39)36-29(2)10-5-13-37(18-29)26-22-17-33-24(20-8-4-9-21(31)16-20)23(32)25(22)34-27(35-26)41-19-30-11-6-14-38(30)15-7-12-30/h4,8-9,16-17H,3,5-7,10-15,18-19H2,1-2H3,(H,36,39)/t29-/m1/s1. The molecule has 3 aromatic rings. The molecule has 0 unspecified atom stereocenters. The van der Waals surface area contributed by atoms with E-state index in [2.05, 4.69) is 25.1 Å². The molecule has 1 aromatic carbocycles. The number of hydrogen-bond donors (Lipinski definition) is 1. The second kappa shape index (κ2) is 11.2. The monoisotopic (exact) mass is 582 g/mol. The SMILES string of the molecule is CCOC(=O)N[C@]1(C)CCCN(c2nc(OCC34CCCN3CCC4)nc3c(F)c(-c4cccc(Cl)c4)ncc23)C1. The van der Waals surface area contributed by atoms with Gasteiger partial charge >= 0.3 is 12.1 Å². The van der Waals surface area contributed by atoms with Gasteiger partial charge in [-0.1, -0.05) is 23.7 Å². The van der Waals surface area contributed by atoms with Gasteiger partial charge in [0.2, 0.25) is 0 Å². The fourth-order valence-electron chi connectivity index (χ4n) is 6.76. The number of aromatic nitrogens is 3. The maximum atomic E-state index is 16.2. The maximum absolute atomic E-state index is 16.2. The molecule has 3 aliphatic rings. The van der Waals surface area contributed by atoms with Gasteiger partial charge in [0.15, 0.2) is 5.82 Å². The molecule has 5 heterocycles. The van der Waals surface area contributed by atoms with Crippen molar-refractivity contribution in [3.63, 3.8) is 0 Å². The van der Waals surface area contributed by atoms with Gasteiger partial charge in [0.25, 0.3) is 0 Å². The minimum Gasteiger partial charge on any atom is -0.461 e. The van der Waals surface area contributed by atoms with Crippen LogP contribution in [-0.4, -0.2) is 76.4 Å². The molecular weight excluding hydrogens is 547 g/mol. The molecule has 1 amide bonds. The molecule has 6 rings (SSSR count). The number of nitrogens with zero attached hydrogens (tertiary/aromatic N) is 5. The van der Waals surface area contributed by atoms with E-state index in [4.69, 9.17) is 26.1 Å². The Bertz CT molecular complexity index is 1450. The van der Waals surface area contributed by atoms with Crippen molar-refractivity contribution in [3.05, 3.63) is 41.3 Å². The molecule has 0 saturated carbocycles. The number of fused-ring (bicyclic) bond motifs is 2. The van der Waals surface area contributed by atoms with Crippen LogP contribution in [0.25, 0.3) is 22.2 Å². The fraction of sp³-hybridized carbons (Fsp3) is 0.533. The highest BCUT2D eigenvalue weighted by Crippen LogP contribution is 2.40. The number of nitrogens with one attached hydrogen (secondary N) is 1. The molecule has 0 spiro atoms. The molecular formula is C30H36ClFN6O3. The highest BCUT2D eigenvalue weighted by Gasteiger charge is 2.45. The van der Waals surface area contributed by atoms with Crippen LogP contribution >= 0.6 is 11.6 Å². The number of benzene rings is 1. The second-order valence-electron chi connectivity index (χ2n) is 11.7. The fourth-order valence-corrected chi connectivity index (χ4v) is 6.95. The maximum Gasteiger partial charge on any atom is 0.407 e. The minimum atomic E-state index is -0.553. The summed E-state index contributed by atoms with van der Waals surface area (Å²) < 4.78 is 27.7. The third-order valence-electron chi connectivity index (χ3n) is 8.70. The zero-order chi connectivity index (χ0) is 28.6. The van der Waals surface area contributed by atoms with Crippen molar-refractivity contribution in [1.82, 2.24) is 25.2 Å². The molecule has 3 saturated heterocycles. The first-order chi connectivity index (χ1) is 19.8. The number of ether oxygens (including phenoxy) is 2. The molecule has 3 fully saturated rings. The predicted molar refractivity (Wildman–Crippen MR) is 156 cm³/mol. The minimum absolute atomic E-state index is 0.00548. The van der Waals surface area contributed by atoms with Crippen LogP contribution in [0.2, 0.25) is 5.02 Å². The van der Waals surface area contributed by atoms with Gasteiger partial charge in [0.05, 0.1) is 23.1 Å². The van der Waals surface area contributed by atoms with E-state index in [1.807, 2.05) is 6.92 Å². The van der Waals surface area contributed by atoms with Gasteiger partial charge in [-0.05, 0) is 77.6 Å². The normalized spacial score (nSPS) is 22.1. The van der Waals surface area contributed by atoms with E-state index in [0.717, 1.165) is 51.6 Å². The van der Waals surface area contributed by atoms with Gasteiger partial charge in [-0.3, -0.25) is 9.88 Å². The Hall–Kier alpha value is -3.24. The van der Waals surface area contributed by atoms with Crippen LogP contribution in [0.5, 0.6) is 6.01 Å². The van der Waals surface area contributed by atoms with E-state index in [0.29, 0.717) is 48.1 Å². The summed E-state index contributed by atoms with van der Waals surface area (Å²) in [5.74, 6) is -0.0120. The topological polar surface area (TPSA) is 92.7 Å². The van der Waals surface area contributed by atoms with Gasteiger partial charge in [0, 0.05) is 29.9 Å². The lowest BCUT2D eigenvalue weighted by molar-refractivity contribution is 0.108. The van der Waals surface area contributed by atoms with E-state index >= 15 is 4.39 Å². The smallest absolute Gasteiger partial charge is 0.407 e. The highest BCUT2D eigenvalue weighted by atomic mass is 35.5. The average Bonchev–Trinajstić information content (AvgIpc) is 3.52. The number of amides is 1. The molecule has 0 radical (unpaired) electrons. The van der Waals surface area contributed by atoms with E-state index < -0.39 is 17.4 Å². The number of alkyl carbamates (subject to hydrolysis) is 1. The van der Waals surface area contributed by atoms with Crippen LogP contribution in [-0.2, 0) is 4.74 Å². The molecule has 0 bridgehead atoms. The van der Waals surface area contributed by atoms with Crippen molar-refractivity contribution in [2.75, 3.05) is 44.3 Å². The van der Waals surface area contributed by atoms with E-state index in [-0.39, 0.29) is 22.8 Å². The number of piperidine rings is 1. The Morgan fingerprint density at radius 2 is 1.93 bits per heavy atom. The summed E-state index contributed by atoms with van der Waals surface area (Å²) in [4.78, 5) is 30.8. The van der Waals surface area contributed by atoms with Gasteiger partial charge in [-0.15, -0.1) is 0 Å². The van der Waals surface area contributed by atoms with Gasteiger partial charge in [0.1, 0.15) is 23.6 Å². The molecule has 218 valence electrons. The van der Waals surface area contributed by atoms with Crippen molar-refractivity contribution in [1.29, 1.82) is 0 Å². The van der Waals surface area contributed by atoms with E-state index in [1.165, 1.54) is 0 Å². The second-order valence-corrected chi connectivity index (χ2v) is 12.1. The number of halogens is 2. The summed E-state index contributed by atoms with van der Waals surface area (Å²) in [6.45, 7) is 7.83. The highest BCUT2D eigenvalue weighted by molar-refractivity contribution is 6.30. The molecule has 1 N–H and O–H groups in total. The molecule has 9 nitrogen and oxygen atoms in total. The van der Waals surface area contributed by atoms with Gasteiger partial charge in [-0.25, -0.2) is 9.18 Å². The molecule has 11 heteroatoms. The predicted octanol–water partition coefficient (Wildman–Crippen LogP) is 5.60. The zero-order valence-electron chi connectivity index (χ0n) is 23.6. The van der Waals surface area contributed by atoms with Crippen molar-refractivity contribution in [2.24, 2.45) is 0 Å². The number of hydrogen-bond acceptors (Lipinski definition) is 8. The summed E-state index contributed by atoms with van der Waals surface area (Å²) in [6.07, 6.45) is 7.20. The van der Waals surface area contributed by atoms with Crippen molar-refractivity contribution in [3.8, 4) is 17.3 Å². The number of pyridine rings is 1. The van der Waals surface area contributed by atoms with Crippen LogP contribution in [0.3, 0.4) is 0 Å². The number of carbonyl (C=O) groups excluding carboxylic acids is 1. The summed E-state index contributed by atoms with van der Waals surface area (Å²) in [6, 6.07) is 7.11. The Kier molecular flexibility index (Phi) is 7.63. The van der Waals surface area contributed by atoms with Gasteiger partial charge in [-0.2, -0.15) is 9.97 Å². The first kappa shape index (κ1) is 27.9. The number of anilines is 1. The molecule has 41 heavy (non-hydrogen) atoms. The van der Waals surface area contributed by atoms with E-state index in [1.54, 1.807) is 37.4 Å². The molecule has 2 aromatic heterocycles. The average molecular weight is 583 g/mol. The lowest BCUT2D eigenvalue weighted by atomic mass is 9.91. The van der Waals surface area contributed by atoms with Crippen molar-refractivity contribution >= 4 is 34.4 Å². The summed E-state index contributed by atoms with van der Waals surface area (Å²) in [5, 5.41) is 3.99. The lowest BCUT2D eigenvalue weighted by Gasteiger charge is -2.41. The lowest BCUT2D eigenvalue weighted by Crippen LogP contribution is -2.57. The molecule has 3 aliphatic heterocycles. The van der Waals surface area contributed by atoms with Crippen molar-refractivity contribution < 1.29 is 18.7 Å². The Morgan fingerprint density at radius 1 is 1.15 bits per heavy atom. The van der Waals surface area contributed by atoms with Crippen LogP contribution < -0.4 is 15.0 Å². The summed E-state index contributed by atoms with van der Waals surface area (Å²) in [7, 11) is 0. The number of carbonyl (C=O) groups is 1. The Morgan fingerprint density at radius 3 is 2.68 bits per heavy atom.